The Morgan fingerprint density at radius 2 is 1.71 bits per heavy atom. The van der Waals surface area contributed by atoms with Gasteiger partial charge in [0.25, 0.3) is 0 Å². The second kappa shape index (κ2) is 8.57. The van der Waals surface area contributed by atoms with Crippen LogP contribution in [-0.4, -0.2) is 32.1 Å². The standard InChI is InChI=1S/C18H26N2O4/c1-12(13-9-10-15(23-2)16(11-13)24-3)19-17(21)18(22)20-14-7-5-4-6-8-14/h9-12,14H,4-8H2,1-3H3,(H,19,21)(H,20,22). The van der Waals surface area contributed by atoms with Gasteiger partial charge in [0.15, 0.2) is 11.5 Å². The van der Waals surface area contributed by atoms with Gasteiger partial charge in [0, 0.05) is 6.04 Å². The van der Waals surface area contributed by atoms with E-state index >= 15 is 0 Å². The zero-order chi connectivity index (χ0) is 17.5. The fourth-order valence-corrected chi connectivity index (χ4v) is 2.97. The Kier molecular flexibility index (Phi) is 6.46. The van der Waals surface area contributed by atoms with Crippen LogP contribution >= 0.6 is 0 Å². The lowest BCUT2D eigenvalue weighted by Gasteiger charge is -2.23. The molecule has 0 aromatic heterocycles. The minimum absolute atomic E-state index is 0.119. The maximum absolute atomic E-state index is 12.1. The Labute approximate surface area is 142 Å². The van der Waals surface area contributed by atoms with E-state index in [-0.39, 0.29) is 12.1 Å². The van der Waals surface area contributed by atoms with Gasteiger partial charge in [0.2, 0.25) is 0 Å². The van der Waals surface area contributed by atoms with E-state index in [1.165, 1.54) is 6.42 Å². The van der Waals surface area contributed by atoms with Crippen LogP contribution < -0.4 is 20.1 Å². The third-order valence-corrected chi connectivity index (χ3v) is 4.40. The molecule has 1 unspecified atom stereocenters. The first kappa shape index (κ1) is 18.1. The molecule has 2 amide bonds. The Bertz CT molecular complexity index is 582. The van der Waals surface area contributed by atoms with Gasteiger partial charge < -0.3 is 20.1 Å². The van der Waals surface area contributed by atoms with Crippen molar-refractivity contribution in [1.29, 1.82) is 0 Å². The zero-order valence-corrected chi connectivity index (χ0v) is 14.6. The van der Waals surface area contributed by atoms with Crippen molar-refractivity contribution in [2.24, 2.45) is 0 Å². The number of hydrogen-bond donors (Lipinski definition) is 2. The minimum Gasteiger partial charge on any atom is -0.493 e. The Morgan fingerprint density at radius 3 is 2.33 bits per heavy atom. The summed E-state index contributed by atoms with van der Waals surface area (Å²) in [5, 5.41) is 5.55. The minimum atomic E-state index is -0.608. The molecule has 24 heavy (non-hydrogen) atoms. The second-order valence-electron chi connectivity index (χ2n) is 6.12. The molecule has 1 aliphatic rings. The molecule has 0 bridgehead atoms. The molecule has 0 spiro atoms. The topological polar surface area (TPSA) is 76.7 Å². The van der Waals surface area contributed by atoms with Crippen LogP contribution in [0.5, 0.6) is 11.5 Å². The smallest absolute Gasteiger partial charge is 0.309 e. The molecule has 1 atom stereocenters. The molecule has 6 nitrogen and oxygen atoms in total. The molecule has 2 rings (SSSR count). The summed E-state index contributed by atoms with van der Waals surface area (Å²) in [5.74, 6) is 0.0367. The highest BCUT2D eigenvalue weighted by atomic mass is 16.5. The summed E-state index contributed by atoms with van der Waals surface area (Å²) in [5.41, 5.74) is 0.839. The van der Waals surface area contributed by atoms with E-state index in [9.17, 15) is 9.59 Å². The molecule has 0 radical (unpaired) electrons. The number of hydrogen-bond acceptors (Lipinski definition) is 4. The van der Waals surface area contributed by atoms with Crippen LogP contribution in [0.25, 0.3) is 0 Å². The molecule has 6 heteroatoms. The van der Waals surface area contributed by atoms with Gasteiger partial charge in [-0.15, -0.1) is 0 Å². The van der Waals surface area contributed by atoms with Crippen molar-refractivity contribution >= 4 is 11.8 Å². The summed E-state index contributed by atoms with van der Waals surface area (Å²) in [7, 11) is 3.13. The zero-order valence-electron chi connectivity index (χ0n) is 14.6. The van der Waals surface area contributed by atoms with E-state index in [4.69, 9.17) is 9.47 Å². The predicted octanol–water partition coefficient (Wildman–Crippen LogP) is 2.33. The molecule has 0 aliphatic heterocycles. The van der Waals surface area contributed by atoms with Crippen molar-refractivity contribution in [2.45, 2.75) is 51.1 Å². The van der Waals surface area contributed by atoms with Crippen LogP contribution in [0.3, 0.4) is 0 Å². The largest absolute Gasteiger partial charge is 0.493 e. The number of benzene rings is 1. The molecule has 0 heterocycles. The van der Waals surface area contributed by atoms with Crippen LogP contribution in [0.4, 0.5) is 0 Å². The number of rotatable bonds is 5. The van der Waals surface area contributed by atoms with E-state index in [0.29, 0.717) is 11.5 Å². The normalized spacial score (nSPS) is 16.1. The molecule has 1 fully saturated rings. The van der Waals surface area contributed by atoms with Gasteiger partial charge in [-0.25, -0.2) is 0 Å². The number of ether oxygens (including phenoxy) is 2. The average molecular weight is 334 g/mol. The fourth-order valence-electron chi connectivity index (χ4n) is 2.97. The highest BCUT2D eigenvalue weighted by molar-refractivity contribution is 6.35. The van der Waals surface area contributed by atoms with Gasteiger partial charge >= 0.3 is 11.8 Å². The first-order valence-electron chi connectivity index (χ1n) is 8.38. The fraction of sp³-hybridized carbons (Fsp3) is 0.556. The third-order valence-electron chi connectivity index (χ3n) is 4.40. The van der Waals surface area contributed by atoms with E-state index < -0.39 is 11.8 Å². The van der Waals surface area contributed by atoms with Crippen molar-refractivity contribution in [1.82, 2.24) is 10.6 Å². The highest BCUT2D eigenvalue weighted by Crippen LogP contribution is 2.29. The summed E-state index contributed by atoms with van der Waals surface area (Å²) in [6, 6.07) is 5.22. The Hall–Kier alpha value is -2.24. The summed E-state index contributed by atoms with van der Waals surface area (Å²) in [4.78, 5) is 24.1. The van der Waals surface area contributed by atoms with E-state index in [1.54, 1.807) is 26.4 Å². The lowest BCUT2D eigenvalue weighted by atomic mass is 9.95. The van der Waals surface area contributed by atoms with Crippen LogP contribution in [0.2, 0.25) is 0 Å². The SMILES string of the molecule is COc1ccc(C(C)NC(=O)C(=O)NC2CCCCC2)cc1OC. The maximum Gasteiger partial charge on any atom is 0.309 e. The van der Waals surface area contributed by atoms with Crippen LogP contribution in [-0.2, 0) is 9.59 Å². The van der Waals surface area contributed by atoms with Crippen molar-refractivity contribution < 1.29 is 19.1 Å². The van der Waals surface area contributed by atoms with Crippen molar-refractivity contribution in [3.05, 3.63) is 23.8 Å². The number of carbonyl (C=O) groups excluding carboxylic acids is 2. The number of methoxy groups -OCH3 is 2. The third kappa shape index (κ3) is 4.63. The molecule has 132 valence electrons. The summed E-state index contributed by atoms with van der Waals surface area (Å²) in [6.07, 6.45) is 5.31. The van der Waals surface area contributed by atoms with Crippen molar-refractivity contribution in [3.8, 4) is 11.5 Å². The van der Waals surface area contributed by atoms with Crippen LogP contribution in [0.15, 0.2) is 18.2 Å². The Morgan fingerprint density at radius 1 is 1.04 bits per heavy atom. The highest BCUT2D eigenvalue weighted by Gasteiger charge is 2.22. The molecule has 1 aromatic carbocycles. The van der Waals surface area contributed by atoms with Gasteiger partial charge in [-0.3, -0.25) is 9.59 Å². The molecule has 2 N–H and O–H groups in total. The van der Waals surface area contributed by atoms with Gasteiger partial charge in [-0.2, -0.15) is 0 Å². The molecular weight excluding hydrogens is 308 g/mol. The van der Waals surface area contributed by atoms with E-state index in [0.717, 1.165) is 31.2 Å². The number of amides is 2. The van der Waals surface area contributed by atoms with E-state index in [1.807, 2.05) is 13.0 Å². The summed E-state index contributed by atoms with van der Waals surface area (Å²) >= 11 is 0. The monoisotopic (exact) mass is 334 g/mol. The lowest BCUT2D eigenvalue weighted by molar-refractivity contribution is -0.140. The second-order valence-corrected chi connectivity index (χ2v) is 6.12. The summed E-state index contributed by atoms with van der Waals surface area (Å²) in [6.45, 7) is 1.83. The molecule has 1 aromatic rings. The van der Waals surface area contributed by atoms with Crippen LogP contribution in [0.1, 0.15) is 50.6 Å². The molecule has 0 saturated heterocycles. The van der Waals surface area contributed by atoms with Crippen molar-refractivity contribution in [2.75, 3.05) is 14.2 Å². The van der Waals surface area contributed by atoms with E-state index in [2.05, 4.69) is 10.6 Å². The van der Waals surface area contributed by atoms with Gasteiger partial charge in [-0.05, 0) is 37.5 Å². The lowest BCUT2D eigenvalue weighted by Crippen LogP contribution is -2.45. The quantitative estimate of drug-likeness (QED) is 0.810. The first-order valence-corrected chi connectivity index (χ1v) is 8.38. The average Bonchev–Trinajstić information content (AvgIpc) is 2.61. The first-order chi connectivity index (χ1) is 11.5. The van der Waals surface area contributed by atoms with Crippen LogP contribution in [0, 0.1) is 0 Å². The number of nitrogens with one attached hydrogen (secondary N) is 2. The van der Waals surface area contributed by atoms with Crippen molar-refractivity contribution in [3.63, 3.8) is 0 Å². The molecular formula is C18H26N2O4. The number of carbonyl (C=O) groups is 2. The summed E-state index contributed by atoms with van der Waals surface area (Å²) < 4.78 is 10.5. The van der Waals surface area contributed by atoms with Gasteiger partial charge in [0.05, 0.1) is 20.3 Å². The predicted molar refractivity (Wildman–Crippen MR) is 91.1 cm³/mol. The van der Waals surface area contributed by atoms with Gasteiger partial charge in [-0.1, -0.05) is 25.3 Å². The Balaban J connectivity index is 1.94. The molecule has 1 saturated carbocycles. The maximum atomic E-state index is 12.1. The van der Waals surface area contributed by atoms with Gasteiger partial charge in [0.1, 0.15) is 0 Å². The molecule has 1 aliphatic carbocycles.